The molecule has 1 heterocycles. The molecule has 0 amide bonds. The fourth-order valence-corrected chi connectivity index (χ4v) is 3.14. The number of nitrogens with one attached hydrogen (secondary N) is 1. The summed E-state index contributed by atoms with van der Waals surface area (Å²) in [6, 6.07) is 8.18. The largest absolute Gasteiger partial charge is 0.573 e. The van der Waals surface area contributed by atoms with Crippen LogP contribution in [0.5, 0.6) is 5.75 Å². The molecule has 0 saturated carbocycles. The van der Waals surface area contributed by atoms with E-state index in [9.17, 15) is 22.0 Å². The van der Waals surface area contributed by atoms with Crippen LogP contribution in [0.1, 0.15) is 17.2 Å². The molecule has 2 aromatic rings. The number of benzene rings is 2. The predicted molar refractivity (Wildman–Crippen MR) is 85.8 cm³/mol. The minimum Gasteiger partial charge on any atom is -0.406 e. The lowest BCUT2D eigenvalue weighted by Crippen LogP contribution is -2.45. The Morgan fingerprint density at radius 3 is 2.00 bits per heavy atom. The molecule has 1 aliphatic rings. The van der Waals surface area contributed by atoms with Gasteiger partial charge in [-0.2, -0.15) is 0 Å². The predicted octanol–water partition coefficient (Wildman–Crippen LogP) is 3.86. The lowest BCUT2D eigenvalue weighted by molar-refractivity contribution is -0.274. The highest BCUT2D eigenvalue weighted by molar-refractivity contribution is 5.36. The van der Waals surface area contributed by atoms with Crippen molar-refractivity contribution in [2.24, 2.45) is 0 Å². The maximum Gasteiger partial charge on any atom is 0.573 e. The second-order valence-electron chi connectivity index (χ2n) is 6.01. The number of alkyl halides is 3. The van der Waals surface area contributed by atoms with E-state index in [0.717, 1.165) is 6.07 Å². The summed E-state index contributed by atoms with van der Waals surface area (Å²) >= 11 is 0. The van der Waals surface area contributed by atoms with Crippen molar-refractivity contribution in [3.05, 3.63) is 65.2 Å². The van der Waals surface area contributed by atoms with Gasteiger partial charge in [-0.25, -0.2) is 8.78 Å². The molecule has 1 fully saturated rings. The number of ether oxygens (including phenoxy) is 1. The molecule has 8 heteroatoms. The molecule has 1 N–H and O–H groups in total. The molecule has 26 heavy (non-hydrogen) atoms. The fourth-order valence-electron chi connectivity index (χ4n) is 3.14. The molecule has 2 aromatic carbocycles. The van der Waals surface area contributed by atoms with Crippen molar-refractivity contribution in [2.45, 2.75) is 12.4 Å². The van der Waals surface area contributed by atoms with Gasteiger partial charge in [0.2, 0.25) is 0 Å². The molecule has 1 aliphatic heterocycles. The highest BCUT2D eigenvalue weighted by atomic mass is 19.4. The lowest BCUT2D eigenvalue weighted by Gasteiger charge is -2.35. The van der Waals surface area contributed by atoms with E-state index in [1.807, 2.05) is 4.90 Å². The average molecular weight is 372 g/mol. The van der Waals surface area contributed by atoms with Crippen molar-refractivity contribution in [1.29, 1.82) is 0 Å². The standard InChI is InChI=1S/C18H17F5N2O/c19-14-9-13(10-15(20)11-14)17(25-7-5-24-6-8-25)12-1-3-16(4-2-12)26-18(21,22)23/h1-4,9-11,17,24H,5-8H2/t17-/m1/s1. The van der Waals surface area contributed by atoms with E-state index < -0.39 is 24.0 Å². The van der Waals surface area contributed by atoms with E-state index >= 15 is 0 Å². The Labute approximate surface area is 147 Å². The Morgan fingerprint density at radius 1 is 0.885 bits per heavy atom. The smallest absolute Gasteiger partial charge is 0.406 e. The van der Waals surface area contributed by atoms with Crippen LogP contribution in [0.2, 0.25) is 0 Å². The molecule has 0 aliphatic carbocycles. The zero-order valence-corrected chi connectivity index (χ0v) is 13.7. The quantitative estimate of drug-likeness (QED) is 0.825. The van der Waals surface area contributed by atoms with Crippen molar-refractivity contribution in [3.8, 4) is 5.75 Å². The van der Waals surface area contributed by atoms with Gasteiger partial charge in [-0.15, -0.1) is 13.2 Å². The Kier molecular flexibility index (Phi) is 5.43. The maximum absolute atomic E-state index is 13.7. The first-order valence-corrected chi connectivity index (χ1v) is 8.08. The van der Waals surface area contributed by atoms with Crippen LogP contribution in [-0.2, 0) is 0 Å². The molecule has 0 spiro atoms. The maximum atomic E-state index is 13.7. The number of hydrogen-bond donors (Lipinski definition) is 1. The Hall–Kier alpha value is -2.19. The molecular weight excluding hydrogens is 355 g/mol. The summed E-state index contributed by atoms with van der Waals surface area (Å²) in [6.07, 6.45) is -4.77. The number of nitrogens with zero attached hydrogens (tertiary/aromatic N) is 1. The van der Waals surface area contributed by atoms with Crippen molar-refractivity contribution < 1.29 is 26.7 Å². The molecule has 1 saturated heterocycles. The molecule has 3 nitrogen and oxygen atoms in total. The third-order valence-electron chi connectivity index (χ3n) is 4.15. The monoisotopic (exact) mass is 372 g/mol. The number of halogens is 5. The van der Waals surface area contributed by atoms with Gasteiger partial charge in [-0.05, 0) is 35.4 Å². The zero-order valence-electron chi connectivity index (χ0n) is 13.7. The normalized spacial score (nSPS) is 17.1. The average Bonchev–Trinajstić information content (AvgIpc) is 2.55. The van der Waals surface area contributed by atoms with Gasteiger partial charge in [0, 0.05) is 32.2 Å². The van der Waals surface area contributed by atoms with Crippen LogP contribution in [0.4, 0.5) is 22.0 Å². The van der Waals surface area contributed by atoms with Crippen LogP contribution in [0.3, 0.4) is 0 Å². The lowest BCUT2D eigenvalue weighted by atomic mass is 9.96. The van der Waals surface area contributed by atoms with Gasteiger partial charge >= 0.3 is 6.36 Å². The summed E-state index contributed by atoms with van der Waals surface area (Å²) < 4.78 is 68.3. The molecular formula is C18H17F5N2O. The van der Waals surface area contributed by atoms with Crippen LogP contribution >= 0.6 is 0 Å². The van der Waals surface area contributed by atoms with Crippen LogP contribution in [0, 0.1) is 11.6 Å². The molecule has 0 radical (unpaired) electrons. The van der Waals surface area contributed by atoms with E-state index in [1.165, 1.54) is 36.4 Å². The highest BCUT2D eigenvalue weighted by Gasteiger charge is 2.31. The number of hydrogen-bond acceptors (Lipinski definition) is 3. The SMILES string of the molecule is Fc1cc(F)cc([C@@H](c2ccc(OC(F)(F)F)cc2)N2CCNCC2)c1. The number of rotatable bonds is 4. The summed E-state index contributed by atoms with van der Waals surface area (Å²) in [4.78, 5) is 2.03. The molecule has 0 bridgehead atoms. The van der Waals surface area contributed by atoms with E-state index in [2.05, 4.69) is 10.1 Å². The van der Waals surface area contributed by atoms with E-state index in [4.69, 9.17) is 0 Å². The Morgan fingerprint density at radius 2 is 1.46 bits per heavy atom. The van der Waals surface area contributed by atoms with Crippen molar-refractivity contribution >= 4 is 0 Å². The van der Waals surface area contributed by atoms with Crippen molar-refractivity contribution in [3.63, 3.8) is 0 Å². The van der Waals surface area contributed by atoms with Crippen LogP contribution in [-0.4, -0.2) is 37.4 Å². The van der Waals surface area contributed by atoms with Gasteiger partial charge in [-0.3, -0.25) is 4.90 Å². The van der Waals surface area contributed by atoms with E-state index in [-0.39, 0.29) is 5.75 Å². The Balaban J connectivity index is 1.94. The third kappa shape index (κ3) is 4.70. The van der Waals surface area contributed by atoms with Crippen LogP contribution < -0.4 is 10.1 Å². The first-order valence-electron chi connectivity index (χ1n) is 8.08. The van der Waals surface area contributed by atoms with E-state index in [0.29, 0.717) is 37.3 Å². The summed E-state index contributed by atoms with van der Waals surface area (Å²) in [5, 5.41) is 3.20. The van der Waals surface area contributed by atoms with Gasteiger partial charge < -0.3 is 10.1 Å². The minimum absolute atomic E-state index is 0.342. The van der Waals surface area contributed by atoms with Gasteiger partial charge in [0.25, 0.3) is 0 Å². The first kappa shape index (κ1) is 18.6. The summed E-state index contributed by atoms with van der Waals surface area (Å²) in [5.41, 5.74) is 1.04. The van der Waals surface area contributed by atoms with Gasteiger partial charge in [0.1, 0.15) is 17.4 Å². The molecule has 140 valence electrons. The highest BCUT2D eigenvalue weighted by Crippen LogP contribution is 2.32. The van der Waals surface area contributed by atoms with Crippen molar-refractivity contribution in [1.82, 2.24) is 10.2 Å². The first-order chi connectivity index (χ1) is 12.3. The molecule has 0 aromatic heterocycles. The van der Waals surface area contributed by atoms with Gasteiger partial charge in [-0.1, -0.05) is 12.1 Å². The minimum atomic E-state index is -4.77. The van der Waals surface area contributed by atoms with Crippen molar-refractivity contribution in [2.75, 3.05) is 26.2 Å². The van der Waals surface area contributed by atoms with Crippen LogP contribution in [0.15, 0.2) is 42.5 Å². The van der Waals surface area contributed by atoms with Crippen LogP contribution in [0.25, 0.3) is 0 Å². The third-order valence-corrected chi connectivity index (χ3v) is 4.15. The molecule has 3 rings (SSSR count). The summed E-state index contributed by atoms with van der Waals surface area (Å²) in [5.74, 6) is -1.74. The zero-order chi connectivity index (χ0) is 18.7. The van der Waals surface area contributed by atoms with E-state index in [1.54, 1.807) is 0 Å². The van der Waals surface area contributed by atoms with Gasteiger partial charge in [0.15, 0.2) is 0 Å². The summed E-state index contributed by atoms with van der Waals surface area (Å²) in [6.45, 7) is 2.71. The topological polar surface area (TPSA) is 24.5 Å². The molecule has 0 unspecified atom stereocenters. The number of piperazine rings is 1. The second-order valence-corrected chi connectivity index (χ2v) is 6.01. The summed E-state index contributed by atoms with van der Waals surface area (Å²) in [7, 11) is 0. The van der Waals surface area contributed by atoms with Gasteiger partial charge in [0.05, 0.1) is 6.04 Å². The fraction of sp³-hybridized carbons (Fsp3) is 0.333. The second kappa shape index (κ2) is 7.59. The molecule has 1 atom stereocenters. The Bertz CT molecular complexity index is 722.